The van der Waals surface area contributed by atoms with Crippen LogP contribution in [-0.4, -0.2) is 87.0 Å². The van der Waals surface area contributed by atoms with Crippen molar-refractivity contribution in [3.63, 3.8) is 0 Å². The number of benzene rings is 5. The summed E-state index contributed by atoms with van der Waals surface area (Å²) in [4.78, 5) is 52.7. The summed E-state index contributed by atoms with van der Waals surface area (Å²) in [6.45, 7) is 9.37. The number of fused-ring (bicyclic) bond motifs is 3. The van der Waals surface area contributed by atoms with Crippen molar-refractivity contribution < 1.29 is 29.0 Å². The van der Waals surface area contributed by atoms with Crippen LogP contribution in [0, 0.1) is 5.92 Å². The highest BCUT2D eigenvalue weighted by Crippen LogP contribution is 2.60. The minimum atomic E-state index is -2.55. The second kappa shape index (κ2) is 17.4. The lowest BCUT2D eigenvalue weighted by molar-refractivity contribution is -0.151. The molecule has 342 valence electrons. The molecule has 3 saturated heterocycles. The molecule has 5 heterocycles. The Balaban J connectivity index is 0.970. The van der Waals surface area contributed by atoms with Crippen LogP contribution in [0.1, 0.15) is 48.4 Å². The summed E-state index contributed by atoms with van der Waals surface area (Å²) >= 11 is 3.74. The number of anilines is 3. The van der Waals surface area contributed by atoms with E-state index in [9.17, 15) is 14.7 Å². The first kappa shape index (κ1) is 44.5. The van der Waals surface area contributed by atoms with Gasteiger partial charge in [0.25, 0.3) is 11.8 Å². The van der Waals surface area contributed by atoms with Gasteiger partial charge < -0.3 is 34.6 Å². The summed E-state index contributed by atoms with van der Waals surface area (Å²) in [5.41, 5.74) is 4.47. The van der Waals surface area contributed by atoms with Gasteiger partial charge in [-0.3, -0.25) is 19.3 Å². The van der Waals surface area contributed by atoms with E-state index < -0.39 is 25.3 Å². The predicted molar refractivity (Wildman–Crippen MR) is 264 cm³/mol. The van der Waals surface area contributed by atoms with Crippen molar-refractivity contribution in [2.75, 3.05) is 48.2 Å². The minimum absolute atomic E-state index is 0.0782. The summed E-state index contributed by atoms with van der Waals surface area (Å²) in [5, 5.41) is 15.2. The van der Waals surface area contributed by atoms with Crippen molar-refractivity contribution in [2.24, 2.45) is 5.92 Å². The third-order valence-corrected chi connectivity index (χ3v) is 20.4. The molecule has 0 saturated carbocycles. The lowest BCUT2D eigenvalue weighted by Gasteiger charge is -2.39. The van der Waals surface area contributed by atoms with Crippen LogP contribution in [-0.2, 0) is 44.2 Å². The van der Waals surface area contributed by atoms with E-state index in [4.69, 9.17) is 9.47 Å². The number of carbonyl (C=O) groups is 3. The molecule has 5 aromatic rings. The van der Waals surface area contributed by atoms with Crippen molar-refractivity contribution in [3.05, 3.63) is 148 Å². The van der Waals surface area contributed by atoms with Gasteiger partial charge in [0.2, 0.25) is 5.91 Å². The number of nitrogens with zero attached hydrogens (tertiary/aromatic N) is 4. The standard InChI is InChI=1S/C53H58BrN5O6Si/c1-35-49(66(3,4)44-21-19-43(64-2)20-22-44)47(30-48(61)56-32-38-11-9-8-10-37(38)28-42(56)33-60)65-53(35)45-29-39(54)16-23-46(45)57(51(53)63)31-36-14-17-40(18-15-36)58-34-59(41-12-6-5-7-13-41)52(50(58)62)24-26-55-27-25-52/h5-23,29,35,42,47,49,55,60H,24-28,30-34H2,1-4H3/t35-,42-,47+,49-,53+/m0/s1. The lowest BCUT2D eigenvalue weighted by Crippen LogP contribution is -2.55. The molecular formula is C53H58BrN5O6Si. The molecule has 13 heteroatoms. The lowest BCUT2D eigenvalue weighted by atomic mass is 9.82. The molecule has 5 atom stereocenters. The number of halogens is 1. The van der Waals surface area contributed by atoms with E-state index in [-0.39, 0.29) is 48.3 Å². The molecule has 11 nitrogen and oxygen atoms in total. The van der Waals surface area contributed by atoms with Gasteiger partial charge in [-0.15, -0.1) is 0 Å². The first-order valence-electron chi connectivity index (χ1n) is 23.3. The van der Waals surface area contributed by atoms with Gasteiger partial charge in [-0.25, -0.2) is 0 Å². The van der Waals surface area contributed by atoms with Gasteiger partial charge in [-0.1, -0.05) is 108 Å². The monoisotopic (exact) mass is 967 g/mol. The summed E-state index contributed by atoms with van der Waals surface area (Å²) in [5.74, 6) is 0.341. The fourth-order valence-electron chi connectivity index (χ4n) is 12.1. The number of aliphatic hydroxyl groups is 1. The van der Waals surface area contributed by atoms with Crippen LogP contribution in [0.25, 0.3) is 0 Å². The predicted octanol–water partition coefficient (Wildman–Crippen LogP) is 7.49. The third kappa shape index (κ3) is 7.29. The quantitative estimate of drug-likeness (QED) is 0.139. The zero-order chi connectivity index (χ0) is 46.0. The maximum Gasteiger partial charge on any atom is 0.264 e. The largest absolute Gasteiger partial charge is 0.497 e. The van der Waals surface area contributed by atoms with E-state index in [1.807, 2.05) is 99.6 Å². The average Bonchev–Trinajstić information content (AvgIpc) is 3.88. The molecule has 0 bridgehead atoms. The molecule has 3 amide bonds. The van der Waals surface area contributed by atoms with Gasteiger partial charge in [0.15, 0.2) is 5.60 Å². The number of para-hydroxylation sites is 1. The number of aliphatic hydroxyl groups excluding tert-OH is 1. The highest BCUT2D eigenvalue weighted by atomic mass is 79.9. The Morgan fingerprint density at radius 2 is 1.58 bits per heavy atom. The highest BCUT2D eigenvalue weighted by molar-refractivity contribution is 9.10. The first-order chi connectivity index (χ1) is 31.9. The zero-order valence-corrected chi connectivity index (χ0v) is 40.7. The zero-order valence-electron chi connectivity index (χ0n) is 38.1. The second-order valence-electron chi connectivity index (χ2n) is 19.3. The van der Waals surface area contributed by atoms with Crippen LogP contribution >= 0.6 is 15.9 Å². The van der Waals surface area contributed by atoms with Crippen LogP contribution in [0.2, 0.25) is 18.6 Å². The summed E-state index contributed by atoms with van der Waals surface area (Å²) in [6, 6.07) is 40.3. The van der Waals surface area contributed by atoms with Gasteiger partial charge in [-0.2, -0.15) is 0 Å². The Morgan fingerprint density at radius 3 is 2.27 bits per heavy atom. The molecule has 3 fully saturated rings. The number of methoxy groups -OCH3 is 1. The van der Waals surface area contributed by atoms with Crippen LogP contribution in [0.5, 0.6) is 5.75 Å². The topological polar surface area (TPSA) is 115 Å². The Kier molecular flexibility index (Phi) is 11.7. The number of hydrogen-bond acceptors (Lipinski definition) is 8. The number of hydrogen-bond donors (Lipinski definition) is 2. The normalized spacial score (nSPS) is 24.6. The minimum Gasteiger partial charge on any atom is -0.497 e. The van der Waals surface area contributed by atoms with Gasteiger partial charge in [0.05, 0.1) is 59.3 Å². The van der Waals surface area contributed by atoms with Gasteiger partial charge >= 0.3 is 0 Å². The summed E-state index contributed by atoms with van der Waals surface area (Å²) in [7, 11) is -0.890. The molecule has 2 spiro atoms. The van der Waals surface area contributed by atoms with Crippen LogP contribution in [0.3, 0.4) is 0 Å². The fraction of sp³-hybridized carbons (Fsp3) is 0.377. The number of ether oxygens (including phenoxy) is 2. The molecule has 0 aliphatic carbocycles. The van der Waals surface area contributed by atoms with E-state index in [1.54, 1.807) is 7.11 Å². The molecule has 10 rings (SSSR count). The van der Waals surface area contributed by atoms with Gasteiger partial charge in [0.1, 0.15) is 11.3 Å². The molecule has 5 aliphatic rings. The van der Waals surface area contributed by atoms with E-state index in [0.29, 0.717) is 26.2 Å². The van der Waals surface area contributed by atoms with Crippen LogP contribution in [0.15, 0.2) is 126 Å². The maximum absolute atomic E-state index is 15.6. The third-order valence-electron chi connectivity index (χ3n) is 15.6. The smallest absolute Gasteiger partial charge is 0.264 e. The molecule has 0 aromatic heterocycles. The Morgan fingerprint density at radius 1 is 0.879 bits per heavy atom. The summed E-state index contributed by atoms with van der Waals surface area (Å²) < 4.78 is 13.8. The summed E-state index contributed by atoms with van der Waals surface area (Å²) in [6.07, 6.45) is 1.54. The number of piperidine rings is 1. The number of carbonyl (C=O) groups excluding carboxylic acids is 3. The highest BCUT2D eigenvalue weighted by Gasteiger charge is 2.66. The Labute approximate surface area is 396 Å². The molecule has 2 N–H and O–H groups in total. The molecule has 5 aromatic carbocycles. The SMILES string of the molecule is COc1ccc([Si](C)(C)[C@@H]2[C@@H](CC(=O)N3Cc4ccccc4C[C@H]3CO)O[C@]3(C(=O)N(Cc4ccc(N5CN(c6ccccc6)C6(CCNCC6)C5=O)cc4)c4ccc(Br)cc43)[C@H]2C)cc1. The van der Waals surface area contributed by atoms with Gasteiger partial charge in [0, 0.05) is 33.9 Å². The molecule has 5 aliphatic heterocycles. The van der Waals surface area contributed by atoms with E-state index in [1.165, 1.54) is 5.19 Å². The van der Waals surface area contributed by atoms with Crippen molar-refractivity contribution >= 4 is 64.0 Å². The van der Waals surface area contributed by atoms with Crippen molar-refractivity contribution in [1.29, 1.82) is 0 Å². The maximum atomic E-state index is 15.6. The van der Waals surface area contributed by atoms with E-state index >= 15 is 4.79 Å². The number of nitrogens with one attached hydrogen (secondary N) is 1. The molecule has 66 heavy (non-hydrogen) atoms. The molecular weight excluding hydrogens is 911 g/mol. The van der Waals surface area contributed by atoms with E-state index in [2.05, 4.69) is 82.6 Å². The number of rotatable bonds is 10. The van der Waals surface area contributed by atoms with E-state index in [0.717, 1.165) is 75.5 Å². The Hall–Kier alpha value is -5.31. The second-order valence-corrected chi connectivity index (χ2v) is 24.9. The van der Waals surface area contributed by atoms with Crippen molar-refractivity contribution in [3.8, 4) is 5.75 Å². The average molecular weight is 969 g/mol. The molecule has 0 radical (unpaired) electrons. The Bertz CT molecular complexity index is 2640. The molecule has 0 unspecified atom stereocenters. The van der Waals surface area contributed by atoms with Crippen molar-refractivity contribution in [2.45, 2.75) is 87.6 Å². The van der Waals surface area contributed by atoms with Gasteiger partial charge in [-0.05, 0) is 109 Å². The fourth-order valence-corrected chi connectivity index (χ4v) is 16.5. The van der Waals surface area contributed by atoms with Crippen LogP contribution in [0.4, 0.5) is 17.1 Å². The van der Waals surface area contributed by atoms with Crippen LogP contribution < -0.4 is 29.9 Å². The van der Waals surface area contributed by atoms with Crippen molar-refractivity contribution in [1.82, 2.24) is 10.2 Å². The number of amides is 3. The first-order valence-corrected chi connectivity index (χ1v) is 27.1.